The summed E-state index contributed by atoms with van der Waals surface area (Å²) in [4.78, 5) is 2.47. The number of aromatic hydroxyl groups is 1. The molecule has 1 aromatic heterocycles. The highest BCUT2D eigenvalue weighted by atomic mass is 16.5. The van der Waals surface area contributed by atoms with Gasteiger partial charge in [0.1, 0.15) is 5.75 Å². The van der Waals surface area contributed by atoms with Crippen LogP contribution in [0.1, 0.15) is 29.3 Å². The van der Waals surface area contributed by atoms with Gasteiger partial charge in [0.25, 0.3) is 0 Å². The lowest BCUT2D eigenvalue weighted by Gasteiger charge is -2.31. The molecule has 0 unspecified atom stereocenters. The Morgan fingerprint density at radius 1 is 1.00 bits per heavy atom. The number of hydrogen-bond acceptors (Lipinski definition) is 4. The summed E-state index contributed by atoms with van der Waals surface area (Å²) in [6.07, 6.45) is 3.24. The molecule has 0 saturated heterocycles. The molecular formula is C23H26N2O3. The quantitative estimate of drug-likeness (QED) is 0.723. The van der Waals surface area contributed by atoms with E-state index in [1.54, 1.807) is 20.3 Å². The molecule has 0 radical (unpaired) electrons. The maximum Gasteiger partial charge on any atom is 0.160 e. The van der Waals surface area contributed by atoms with Gasteiger partial charge in [0, 0.05) is 31.5 Å². The molecule has 1 atom stereocenters. The molecule has 0 saturated carbocycles. The molecule has 0 amide bonds. The first-order chi connectivity index (χ1) is 13.7. The minimum Gasteiger partial charge on any atom is -0.504 e. The largest absolute Gasteiger partial charge is 0.504 e. The molecule has 4 rings (SSSR count). The van der Waals surface area contributed by atoms with E-state index in [1.165, 1.54) is 11.3 Å². The molecule has 0 fully saturated rings. The van der Waals surface area contributed by atoms with Crippen molar-refractivity contribution in [2.75, 3.05) is 20.8 Å². The van der Waals surface area contributed by atoms with Gasteiger partial charge in [-0.05, 0) is 53.9 Å². The standard InChI is InChI=1S/C23H26N2O3/c1-27-19-9-7-18(8-10-19)23-20-5-3-12-24(20)13-4-14-25(23)16-17-6-11-22(28-2)21(26)15-17/h3,5-12,15,23,26H,4,13-14,16H2,1-2H3/t23-/m0/s1. The van der Waals surface area contributed by atoms with Crippen LogP contribution in [0.5, 0.6) is 17.2 Å². The van der Waals surface area contributed by atoms with E-state index >= 15 is 0 Å². The molecule has 28 heavy (non-hydrogen) atoms. The van der Waals surface area contributed by atoms with Crippen molar-refractivity contribution in [3.05, 3.63) is 77.6 Å². The lowest BCUT2D eigenvalue weighted by atomic mass is 10.0. The second-order valence-electron chi connectivity index (χ2n) is 7.13. The van der Waals surface area contributed by atoms with E-state index in [-0.39, 0.29) is 11.8 Å². The maximum absolute atomic E-state index is 10.2. The van der Waals surface area contributed by atoms with E-state index in [2.05, 4.69) is 39.9 Å². The smallest absolute Gasteiger partial charge is 0.160 e. The summed E-state index contributed by atoms with van der Waals surface area (Å²) in [6, 6.07) is 18.4. The fraction of sp³-hybridized carbons (Fsp3) is 0.304. The van der Waals surface area contributed by atoms with Gasteiger partial charge in [-0.2, -0.15) is 0 Å². The number of rotatable bonds is 5. The summed E-state index contributed by atoms with van der Waals surface area (Å²) < 4.78 is 12.9. The molecule has 1 N–H and O–H groups in total. The van der Waals surface area contributed by atoms with Crippen molar-refractivity contribution < 1.29 is 14.6 Å². The number of nitrogens with zero attached hydrogens (tertiary/aromatic N) is 2. The fourth-order valence-corrected chi connectivity index (χ4v) is 4.05. The predicted molar refractivity (Wildman–Crippen MR) is 109 cm³/mol. The lowest BCUT2D eigenvalue weighted by molar-refractivity contribution is 0.220. The summed E-state index contributed by atoms with van der Waals surface area (Å²) in [5, 5.41) is 10.2. The molecular weight excluding hydrogens is 352 g/mol. The number of hydrogen-bond donors (Lipinski definition) is 1. The van der Waals surface area contributed by atoms with Gasteiger partial charge in [-0.1, -0.05) is 18.2 Å². The van der Waals surface area contributed by atoms with Crippen LogP contribution in [0.2, 0.25) is 0 Å². The van der Waals surface area contributed by atoms with Gasteiger partial charge in [0.05, 0.1) is 20.3 Å². The van der Waals surface area contributed by atoms with Gasteiger partial charge in [0.2, 0.25) is 0 Å². The topological polar surface area (TPSA) is 46.9 Å². The summed E-state index contributed by atoms with van der Waals surface area (Å²) in [7, 11) is 3.26. The molecule has 1 aliphatic rings. The average Bonchev–Trinajstić information content (AvgIpc) is 3.10. The van der Waals surface area contributed by atoms with Crippen LogP contribution < -0.4 is 9.47 Å². The lowest BCUT2D eigenvalue weighted by Crippen LogP contribution is -2.29. The van der Waals surface area contributed by atoms with Crippen LogP contribution in [0.15, 0.2) is 60.8 Å². The number of aromatic nitrogens is 1. The number of benzene rings is 2. The van der Waals surface area contributed by atoms with Gasteiger partial charge in [-0.25, -0.2) is 0 Å². The summed E-state index contributed by atoms with van der Waals surface area (Å²) >= 11 is 0. The van der Waals surface area contributed by atoms with Gasteiger partial charge in [-0.3, -0.25) is 4.90 Å². The number of fused-ring (bicyclic) bond motifs is 1. The van der Waals surface area contributed by atoms with Crippen LogP contribution in [0, 0.1) is 0 Å². The number of aryl methyl sites for hydroxylation is 1. The van der Waals surface area contributed by atoms with E-state index in [4.69, 9.17) is 9.47 Å². The minimum atomic E-state index is 0.146. The van der Waals surface area contributed by atoms with Crippen molar-refractivity contribution in [2.45, 2.75) is 25.6 Å². The molecule has 0 aliphatic carbocycles. The summed E-state index contributed by atoms with van der Waals surface area (Å²) in [6.45, 7) is 2.74. The van der Waals surface area contributed by atoms with Gasteiger partial charge >= 0.3 is 0 Å². The molecule has 1 aliphatic heterocycles. The number of phenolic OH excluding ortho intramolecular Hbond substituents is 1. The highest BCUT2D eigenvalue weighted by Crippen LogP contribution is 2.35. The van der Waals surface area contributed by atoms with Crippen LogP contribution in [0.4, 0.5) is 0 Å². The third-order valence-electron chi connectivity index (χ3n) is 5.41. The third-order valence-corrected chi connectivity index (χ3v) is 5.41. The van der Waals surface area contributed by atoms with Crippen LogP contribution >= 0.6 is 0 Å². The normalized spacial score (nSPS) is 17.0. The molecule has 0 bridgehead atoms. The Hall–Kier alpha value is -2.92. The van der Waals surface area contributed by atoms with Crippen molar-refractivity contribution in [3.63, 3.8) is 0 Å². The van der Waals surface area contributed by atoms with Gasteiger partial charge < -0.3 is 19.1 Å². The summed E-state index contributed by atoms with van der Waals surface area (Å²) in [5.41, 5.74) is 3.60. The second kappa shape index (κ2) is 7.98. The average molecular weight is 378 g/mol. The zero-order valence-corrected chi connectivity index (χ0v) is 16.3. The molecule has 3 aromatic rings. The van der Waals surface area contributed by atoms with Crippen molar-refractivity contribution in [3.8, 4) is 17.2 Å². The SMILES string of the molecule is COc1ccc([C@H]2c3cccn3CCCN2Cc2ccc(OC)c(O)c2)cc1. The number of ether oxygens (including phenoxy) is 2. The van der Waals surface area contributed by atoms with E-state index < -0.39 is 0 Å². The van der Waals surface area contributed by atoms with E-state index in [0.29, 0.717) is 5.75 Å². The Kier molecular flexibility index (Phi) is 5.26. The van der Waals surface area contributed by atoms with Crippen molar-refractivity contribution >= 4 is 0 Å². The first-order valence-corrected chi connectivity index (χ1v) is 9.58. The van der Waals surface area contributed by atoms with Crippen molar-refractivity contribution in [1.82, 2.24) is 9.47 Å². The molecule has 0 spiro atoms. The first-order valence-electron chi connectivity index (χ1n) is 9.58. The van der Waals surface area contributed by atoms with Crippen LogP contribution in [0.25, 0.3) is 0 Å². The first kappa shape index (κ1) is 18.4. The van der Waals surface area contributed by atoms with Crippen LogP contribution in [-0.4, -0.2) is 35.3 Å². The Balaban J connectivity index is 1.70. The Morgan fingerprint density at radius 3 is 2.54 bits per heavy atom. The van der Waals surface area contributed by atoms with E-state index in [9.17, 15) is 5.11 Å². The second-order valence-corrected chi connectivity index (χ2v) is 7.13. The molecule has 146 valence electrons. The van der Waals surface area contributed by atoms with E-state index in [0.717, 1.165) is 37.4 Å². The molecule has 5 heteroatoms. The Bertz CT molecular complexity index is 933. The van der Waals surface area contributed by atoms with Crippen LogP contribution in [-0.2, 0) is 13.1 Å². The zero-order chi connectivity index (χ0) is 19.5. The Labute approximate surface area is 165 Å². The third kappa shape index (κ3) is 3.58. The Morgan fingerprint density at radius 2 is 1.82 bits per heavy atom. The van der Waals surface area contributed by atoms with Crippen molar-refractivity contribution in [2.24, 2.45) is 0 Å². The highest BCUT2D eigenvalue weighted by molar-refractivity contribution is 5.42. The van der Waals surface area contributed by atoms with Gasteiger partial charge in [0.15, 0.2) is 11.5 Å². The van der Waals surface area contributed by atoms with E-state index in [1.807, 2.05) is 24.3 Å². The maximum atomic E-state index is 10.2. The monoisotopic (exact) mass is 378 g/mol. The van der Waals surface area contributed by atoms with Crippen LogP contribution in [0.3, 0.4) is 0 Å². The molecule has 5 nitrogen and oxygen atoms in total. The fourth-order valence-electron chi connectivity index (χ4n) is 4.05. The molecule has 2 aromatic carbocycles. The number of phenols is 1. The van der Waals surface area contributed by atoms with Gasteiger partial charge in [-0.15, -0.1) is 0 Å². The predicted octanol–water partition coefficient (Wildman–Crippen LogP) is 4.21. The summed E-state index contributed by atoms with van der Waals surface area (Å²) in [5.74, 6) is 1.54. The number of methoxy groups -OCH3 is 2. The molecule has 2 heterocycles. The zero-order valence-electron chi connectivity index (χ0n) is 16.3. The van der Waals surface area contributed by atoms with Crippen molar-refractivity contribution in [1.29, 1.82) is 0 Å². The highest BCUT2D eigenvalue weighted by Gasteiger charge is 2.27. The minimum absolute atomic E-state index is 0.146.